The SMILES string of the molecule is CCCCOCCOc1nc(Cl)nc2[nH]ncc12. The number of halogens is 1. The van der Waals surface area contributed by atoms with E-state index in [4.69, 9.17) is 21.1 Å². The van der Waals surface area contributed by atoms with Crippen LogP contribution in [0, 0.1) is 0 Å². The Kier molecular flexibility index (Phi) is 4.72. The third-order valence-corrected chi connectivity index (χ3v) is 2.53. The normalized spacial score (nSPS) is 11.0. The molecule has 98 valence electrons. The smallest absolute Gasteiger partial charge is 0.229 e. The highest BCUT2D eigenvalue weighted by Crippen LogP contribution is 2.21. The summed E-state index contributed by atoms with van der Waals surface area (Å²) in [5.41, 5.74) is 0.567. The standard InChI is InChI=1S/C11H15ClN4O2/c1-2-3-4-17-5-6-18-10-8-7-13-16-9(8)14-11(12)15-10/h7H,2-6H2,1H3,(H,13,14,15,16). The molecule has 2 heterocycles. The number of unbranched alkanes of at least 4 members (excludes halogenated alkanes) is 1. The Morgan fingerprint density at radius 3 is 3.00 bits per heavy atom. The molecule has 18 heavy (non-hydrogen) atoms. The molecule has 0 aliphatic rings. The molecular formula is C11H15ClN4O2. The van der Waals surface area contributed by atoms with Crippen LogP contribution in [0.2, 0.25) is 5.28 Å². The molecule has 0 radical (unpaired) electrons. The highest BCUT2D eigenvalue weighted by atomic mass is 35.5. The molecule has 0 aliphatic carbocycles. The van der Waals surface area contributed by atoms with Crippen molar-refractivity contribution in [1.82, 2.24) is 20.2 Å². The Morgan fingerprint density at radius 1 is 1.28 bits per heavy atom. The molecule has 2 aromatic heterocycles. The second-order valence-corrected chi connectivity index (χ2v) is 4.08. The highest BCUT2D eigenvalue weighted by molar-refractivity contribution is 6.28. The van der Waals surface area contributed by atoms with Crippen LogP contribution in [0.15, 0.2) is 6.20 Å². The van der Waals surface area contributed by atoms with Gasteiger partial charge in [0.15, 0.2) is 5.65 Å². The van der Waals surface area contributed by atoms with E-state index in [-0.39, 0.29) is 5.28 Å². The van der Waals surface area contributed by atoms with Gasteiger partial charge in [-0.25, -0.2) is 0 Å². The van der Waals surface area contributed by atoms with Gasteiger partial charge >= 0.3 is 0 Å². The lowest BCUT2D eigenvalue weighted by Crippen LogP contribution is -2.08. The highest BCUT2D eigenvalue weighted by Gasteiger charge is 2.09. The van der Waals surface area contributed by atoms with Crippen LogP contribution in [-0.2, 0) is 4.74 Å². The van der Waals surface area contributed by atoms with E-state index in [9.17, 15) is 0 Å². The zero-order valence-corrected chi connectivity index (χ0v) is 10.9. The van der Waals surface area contributed by atoms with Crippen molar-refractivity contribution in [2.45, 2.75) is 19.8 Å². The molecule has 0 unspecified atom stereocenters. The van der Waals surface area contributed by atoms with Crippen molar-refractivity contribution in [3.63, 3.8) is 0 Å². The van der Waals surface area contributed by atoms with Crippen molar-refractivity contribution in [3.05, 3.63) is 11.5 Å². The number of ether oxygens (including phenoxy) is 2. The Labute approximate surface area is 110 Å². The fourth-order valence-corrected chi connectivity index (χ4v) is 1.60. The summed E-state index contributed by atoms with van der Waals surface area (Å²) < 4.78 is 10.9. The van der Waals surface area contributed by atoms with E-state index >= 15 is 0 Å². The zero-order chi connectivity index (χ0) is 12.8. The van der Waals surface area contributed by atoms with Crippen LogP contribution in [-0.4, -0.2) is 40.0 Å². The lowest BCUT2D eigenvalue weighted by atomic mass is 10.4. The Hall–Kier alpha value is -1.40. The second-order valence-electron chi connectivity index (χ2n) is 3.74. The van der Waals surface area contributed by atoms with Gasteiger partial charge in [0.25, 0.3) is 0 Å². The molecule has 1 N–H and O–H groups in total. The first-order chi connectivity index (χ1) is 8.81. The molecule has 2 aromatic rings. The summed E-state index contributed by atoms with van der Waals surface area (Å²) in [5, 5.41) is 7.45. The van der Waals surface area contributed by atoms with Crippen LogP contribution in [0.4, 0.5) is 0 Å². The lowest BCUT2D eigenvalue weighted by molar-refractivity contribution is 0.0970. The monoisotopic (exact) mass is 270 g/mol. The summed E-state index contributed by atoms with van der Waals surface area (Å²) in [5.74, 6) is 0.429. The molecule has 7 heteroatoms. The number of H-pyrrole nitrogens is 1. The van der Waals surface area contributed by atoms with Gasteiger partial charge in [-0.3, -0.25) is 5.10 Å². The average molecular weight is 271 g/mol. The molecule has 0 aliphatic heterocycles. The maximum Gasteiger partial charge on any atom is 0.229 e. The Balaban J connectivity index is 1.89. The number of aromatic nitrogens is 4. The van der Waals surface area contributed by atoms with Gasteiger partial charge in [-0.1, -0.05) is 13.3 Å². The number of hydrogen-bond donors (Lipinski definition) is 1. The maximum atomic E-state index is 5.78. The van der Waals surface area contributed by atoms with E-state index in [0.29, 0.717) is 30.1 Å². The topological polar surface area (TPSA) is 72.9 Å². The van der Waals surface area contributed by atoms with E-state index < -0.39 is 0 Å². The van der Waals surface area contributed by atoms with Crippen LogP contribution in [0.1, 0.15) is 19.8 Å². The molecule has 6 nitrogen and oxygen atoms in total. The second kappa shape index (κ2) is 6.51. The van der Waals surface area contributed by atoms with Crippen LogP contribution in [0.3, 0.4) is 0 Å². The molecule has 0 saturated heterocycles. The summed E-state index contributed by atoms with van der Waals surface area (Å²) >= 11 is 5.78. The van der Waals surface area contributed by atoms with E-state index in [1.54, 1.807) is 6.20 Å². The van der Waals surface area contributed by atoms with Crippen molar-refractivity contribution in [2.75, 3.05) is 19.8 Å². The van der Waals surface area contributed by atoms with Crippen molar-refractivity contribution in [3.8, 4) is 5.88 Å². The summed E-state index contributed by atoms with van der Waals surface area (Å²) in [6.45, 7) is 3.84. The molecule has 0 fully saturated rings. The number of nitrogens with one attached hydrogen (secondary N) is 1. The predicted octanol–water partition coefficient (Wildman–Crippen LogP) is 2.20. The van der Waals surface area contributed by atoms with Crippen molar-refractivity contribution >= 4 is 22.6 Å². The minimum atomic E-state index is 0.133. The van der Waals surface area contributed by atoms with Gasteiger partial charge in [0.2, 0.25) is 11.2 Å². The maximum absolute atomic E-state index is 5.78. The first kappa shape index (κ1) is 13.0. The van der Waals surface area contributed by atoms with E-state index in [1.807, 2.05) is 0 Å². The molecule has 0 aromatic carbocycles. The van der Waals surface area contributed by atoms with E-state index in [1.165, 1.54) is 0 Å². The van der Waals surface area contributed by atoms with Gasteiger partial charge in [0, 0.05) is 6.61 Å². The van der Waals surface area contributed by atoms with Gasteiger partial charge < -0.3 is 9.47 Å². The van der Waals surface area contributed by atoms with Crippen LogP contribution >= 0.6 is 11.6 Å². The Bertz CT molecular complexity index is 503. The minimum Gasteiger partial charge on any atom is -0.475 e. The molecule has 0 spiro atoms. The van der Waals surface area contributed by atoms with E-state index in [2.05, 4.69) is 27.1 Å². The molecule has 0 bridgehead atoms. The number of hydrogen-bond acceptors (Lipinski definition) is 5. The predicted molar refractivity (Wildman–Crippen MR) is 67.9 cm³/mol. The summed E-state index contributed by atoms with van der Waals surface area (Å²) in [6, 6.07) is 0. The summed E-state index contributed by atoms with van der Waals surface area (Å²) in [7, 11) is 0. The van der Waals surface area contributed by atoms with Gasteiger partial charge in [0.1, 0.15) is 12.0 Å². The van der Waals surface area contributed by atoms with Crippen LogP contribution in [0.5, 0.6) is 5.88 Å². The van der Waals surface area contributed by atoms with Crippen LogP contribution < -0.4 is 4.74 Å². The van der Waals surface area contributed by atoms with Gasteiger partial charge in [-0.05, 0) is 18.0 Å². The quantitative estimate of drug-likeness (QED) is 0.617. The fourth-order valence-electron chi connectivity index (χ4n) is 1.44. The van der Waals surface area contributed by atoms with Gasteiger partial charge in [-0.2, -0.15) is 15.1 Å². The fraction of sp³-hybridized carbons (Fsp3) is 0.545. The van der Waals surface area contributed by atoms with Crippen molar-refractivity contribution < 1.29 is 9.47 Å². The van der Waals surface area contributed by atoms with Gasteiger partial charge in [-0.15, -0.1) is 0 Å². The Morgan fingerprint density at radius 2 is 2.17 bits per heavy atom. The number of nitrogens with zero attached hydrogens (tertiary/aromatic N) is 3. The number of aromatic amines is 1. The molecule has 0 atom stereocenters. The molecule has 0 saturated carbocycles. The molecular weight excluding hydrogens is 256 g/mol. The van der Waals surface area contributed by atoms with E-state index in [0.717, 1.165) is 19.4 Å². The third-order valence-electron chi connectivity index (χ3n) is 2.36. The minimum absolute atomic E-state index is 0.133. The number of fused-ring (bicyclic) bond motifs is 1. The first-order valence-electron chi connectivity index (χ1n) is 5.88. The van der Waals surface area contributed by atoms with Crippen molar-refractivity contribution in [2.24, 2.45) is 0 Å². The lowest BCUT2D eigenvalue weighted by Gasteiger charge is -2.06. The zero-order valence-electron chi connectivity index (χ0n) is 10.1. The molecule has 2 rings (SSSR count). The summed E-state index contributed by atoms with van der Waals surface area (Å²) in [6.07, 6.45) is 3.79. The molecule has 0 amide bonds. The average Bonchev–Trinajstić information content (AvgIpc) is 2.81. The van der Waals surface area contributed by atoms with Gasteiger partial charge in [0.05, 0.1) is 12.8 Å². The summed E-state index contributed by atoms with van der Waals surface area (Å²) in [4.78, 5) is 8.01. The number of rotatable bonds is 7. The first-order valence-corrected chi connectivity index (χ1v) is 6.26. The third kappa shape index (κ3) is 3.30. The largest absolute Gasteiger partial charge is 0.475 e. The van der Waals surface area contributed by atoms with Crippen molar-refractivity contribution in [1.29, 1.82) is 0 Å². The van der Waals surface area contributed by atoms with Crippen LogP contribution in [0.25, 0.3) is 11.0 Å².